The minimum Gasteiger partial charge on any atom is -0.462 e. The van der Waals surface area contributed by atoms with Crippen molar-refractivity contribution in [1.29, 1.82) is 0 Å². The number of aliphatic hydroxyl groups excluding tert-OH is 1. The molecule has 2 N–H and O–H groups in total. The number of unbranched alkanes of at least 4 members (excludes halogenated alkanes) is 18. The summed E-state index contributed by atoms with van der Waals surface area (Å²) in [5.74, 6) is -1.52. The zero-order valence-electron chi connectivity index (χ0n) is 41.6. The average Bonchev–Trinajstić information content (AvgIpc) is 3.30. The molecule has 66 heavy (non-hydrogen) atoms. The Labute approximate surface area is 401 Å². The minimum absolute atomic E-state index is 0.127. The Bertz CT molecular complexity index is 1390. The molecule has 0 aliphatic carbocycles. The van der Waals surface area contributed by atoms with E-state index < -0.39 is 57.8 Å². The number of hydrogen-bond acceptors (Lipinski definition) is 10. The standard InChI is InChI=1S/C54H93O11P/c1-4-7-10-13-16-19-21-22-23-24-25-26-27-28-30-33-36-39-42-45-54(58)65-51(47-61-52(56)43-40-37-34-31-18-15-12-9-6-3)49-63-66(59,60)62-48-50(46-55)64-53(57)44-41-38-35-32-29-20-17-14-11-8-5-2/h7,10,14,16-17,19,22-23,25-26,28,30,50-51,55H,4-6,8-9,11-13,15,18,20-21,24,27,29,31-49H2,1-3H3,(H,59,60)/b10-7-,17-14-,19-16-,23-22-,26-25-,30-28-. The van der Waals surface area contributed by atoms with Crippen molar-refractivity contribution in [1.82, 2.24) is 0 Å². The lowest BCUT2D eigenvalue weighted by Gasteiger charge is -2.21. The van der Waals surface area contributed by atoms with Crippen molar-refractivity contribution in [2.45, 2.75) is 226 Å². The van der Waals surface area contributed by atoms with E-state index in [0.29, 0.717) is 19.3 Å². The summed E-state index contributed by atoms with van der Waals surface area (Å²) >= 11 is 0. The summed E-state index contributed by atoms with van der Waals surface area (Å²) in [5, 5.41) is 9.75. The second kappa shape index (κ2) is 48.4. The third-order valence-electron chi connectivity index (χ3n) is 10.6. The summed E-state index contributed by atoms with van der Waals surface area (Å²) in [5.41, 5.74) is 0. The van der Waals surface area contributed by atoms with Crippen molar-refractivity contribution < 1.29 is 52.2 Å². The van der Waals surface area contributed by atoms with Gasteiger partial charge in [-0.1, -0.05) is 184 Å². The van der Waals surface area contributed by atoms with Gasteiger partial charge >= 0.3 is 25.7 Å². The van der Waals surface area contributed by atoms with Gasteiger partial charge in [-0.2, -0.15) is 0 Å². The van der Waals surface area contributed by atoms with Crippen molar-refractivity contribution in [2.75, 3.05) is 26.4 Å². The third kappa shape index (κ3) is 46.0. The van der Waals surface area contributed by atoms with Crippen molar-refractivity contribution in [2.24, 2.45) is 0 Å². The highest BCUT2D eigenvalue weighted by molar-refractivity contribution is 7.47. The van der Waals surface area contributed by atoms with Gasteiger partial charge in [-0.25, -0.2) is 4.57 Å². The van der Waals surface area contributed by atoms with E-state index in [1.807, 2.05) is 0 Å². The molecule has 3 atom stereocenters. The number of phosphoric acid groups is 1. The van der Waals surface area contributed by atoms with Gasteiger partial charge in [-0.05, 0) is 83.5 Å². The molecule has 0 spiro atoms. The molecule has 0 aromatic carbocycles. The Kier molecular flexibility index (Phi) is 46.1. The summed E-state index contributed by atoms with van der Waals surface area (Å²) in [6.45, 7) is 4.40. The lowest BCUT2D eigenvalue weighted by Crippen LogP contribution is -2.30. The molecule has 0 saturated heterocycles. The number of hydrogen-bond donors (Lipinski definition) is 2. The first kappa shape index (κ1) is 62.9. The molecule has 0 aliphatic rings. The van der Waals surface area contributed by atoms with Gasteiger partial charge in [0.2, 0.25) is 0 Å². The summed E-state index contributed by atoms with van der Waals surface area (Å²) < 4.78 is 39.2. The normalized spacial score (nSPS) is 14.1. The van der Waals surface area contributed by atoms with E-state index in [9.17, 15) is 28.9 Å². The van der Waals surface area contributed by atoms with Gasteiger partial charge in [0.15, 0.2) is 6.10 Å². The Morgan fingerprint density at radius 1 is 0.439 bits per heavy atom. The molecule has 0 heterocycles. The molecule has 3 unspecified atom stereocenters. The topological polar surface area (TPSA) is 155 Å². The Hall–Kier alpha value is -3.08. The van der Waals surface area contributed by atoms with Crippen molar-refractivity contribution in [3.05, 3.63) is 72.9 Å². The van der Waals surface area contributed by atoms with Crippen LogP contribution in [-0.2, 0) is 42.2 Å². The molecule has 0 fully saturated rings. The molecular formula is C54H93O11P. The van der Waals surface area contributed by atoms with Crippen LogP contribution >= 0.6 is 7.82 Å². The molecule has 0 bridgehead atoms. The van der Waals surface area contributed by atoms with Gasteiger partial charge < -0.3 is 24.2 Å². The fourth-order valence-electron chi connectivity index (χ4n) is 6.66. The van der Waals surface area contributed by atoms with Crippen LogP contribution in [0.15, 0.2) is 72.9 Å². The second-order valence-corrected chi connectivity index (χ2v) is 18.4. The molecule has 0 aromatic rings. The molecule has 0 aromatic heterocycles. The van der Waals surface area contributed by atoms with Gasteiger partial charge in [-0.3, -0.25) is 23.4 Å². The molecule has 0 saturated carbocycles. The average molecular weight is 949 g/mol. The van der Waals surface area contributed by atoms with Crippen LogP contribution in [-0.4, -0.2) is 66.5 Å². The largest absolute Gasteiger partial charge is 0.472 e. The predicted octanol–water partition coefficient (Wildman–Crippen LogP) is 14.6. The van der Waals surface area contributed by atoms with Crippen molar-refractivity contribution >= 4 is 25.7 Å². The second-order valence-electron chi connectivity index (χ2n) is 17.0. The van der Waals surface area contributed by atoms with Crippen LogP contribution in [0.1, 0.15) is 213 Å². The zero-order valence-corrected chi connectivity index (χ0v) is 42.5. The number of allylic oxidation sites excluding steroid dienone is 12. The smallest absolute Gasteiger partial charge is 0.462 e. The van der Waals surface area contributed by atoms with E-state index >= 15 is 0 Å². The highest BCUT2D eigenvalue weighted by atomic mass is 31.2. The Morgan fingerprint density at radius 2 is 0.803 bits per heavy atom. The van der Waals surface area contributed by atoms with Crippen LogP contribution in [0.2, 0.25) is 0 Å². The number of rotatable bonds is 47. The van der Waals surface area contributed by atoms with Crippen LogP contribution in [0.25, 0.3) is 0 Å². The van der Waals surface area contributed by atoms with E-state index in [1.165, 1.54) is 44.9 Å². The molecule has 0 amide bonds. The maximum absolute atomic E-state index is 12.8. The van der Waals surface area contributed by atoms with E-state index in [-0.39, 0.29) is 25.9 Å². The predicted molar refractivity (Wildman–Crippen MR) is 270 cm³/mol. The van der Waals surface area contributed by atoms with Crippen LogP contribution in [0.5, 0.6) is 0 Å². The first-order chi connectivity index (χ1) is 32.2. The number of ether oxygens (including phenoxy) is 3. The van der Waals surface area contributed by atoms with Gasteiger partial charge in [0.1, 0.15) is 12.7 Å². The Balaban J connectivity index is 4.77. The minimum atomic E-state index is -4.75. The zero-order chi connectivity index (χ0) is 48.4. The van der Waals surface area contributed by atoms with Gasteiger partial charge in [0, 0.05) is 19.3 Å². The Morgan fingerprint density at radius 3 is 1.29 bits per heavy atom. The fraction of sp³-hybridized carbons (Fsp3) is 0.722. The van der Waals surface area contributed by atoms with Gasteiger partial charge in [0.05, 0.1) is 19.8 Å². The van der Waals surface area contributed by atoms with Gasteiger partial charge in [-0.15, -0.1) is 0 Å². The van der Waals surface area contributed by atoms with Crippen LogP contribution in [0.4, 0.5) is 0 Å². The fourth-order valence-corrected chi connectivity index (χ4v) is 7.44. The quantitative estimate of drug-likeness (QED) is 0.0197. The lowest BCUT2D eigenvalue weighted by atomic mass is 10.1. The molecule has 12 heteroatoms. The monoisotopic (exact) mass is 949 g/mol. The molecule has 11 nitrogen and oxygen atoms in total. The van der Waals surface area contributed by atoms with E-state index in [0.717, 1.165) is 109 Å². The lowest BCUT2D eigenvalue weighted by molar-refractivity contribution is -0.161. The number of carbonyl (C=O) groups is 3. The highest BCUT2D eigenvalue weighted by Crippen LogP contribution is 2.43. The van der Waals surface area contributed by atoms with Crippen LogP contribution in [0.3, 0.4) is 0 Å². The van der Waals surface area contributed by atoms with Crippen molar-refractivity contribution in [3.8, 4) is 0 Å². The maximum Gasteiger partial charge on any atom is 0.472 e. The van der Waals surface area contributed by atoms with E-state index in [4.69, 9.17) is 23.3 Å². The maximum atomic E-state index is 12.8. The number of carbonyl (C=O) groups excluding carboxylic acids is 3. The van der Waals surface area contributed by atoms with Crippen LogP contribution < -0.4 is 0 Å². The van der Waals surface area contributed by atoms with Gasteiger partial charge in [0.25, 0.3) is 0 Å². The van der Waals surface area contributed by atoms with Crippen molar-refractivity contribution in [3.63, 3.8) is 0 Å². The molecule has 0 aliphatic heterocycles. The summed E-state index contributed by atoms with van der Waals surface area (Å²) in [7, 11) is -4.75. The molecular weight excluding hydrogens is 856 g/mol. The molecule has 0 radical (unpaired) electrons. The first-order valence-electron chi connectivity index (χ1n) is 25.8. The first-order valence-corrected chi connectivity index (χ1v) is 27.3. The number of esters is 3. The molecule has 380 valence electrons. The van der Waals surface area contributed by atoms with E-state index in [1.54, 1.807) is 0 Å². The van der Waals surface area contributed by atoms with E-state index in [2.05, 4.69) is 93.7 Å². The highest BCUT2D eigenvalue weighted by Gasteiger charge is 2.28. The SMILES string of the molecule is CC/C=C\C/C=C\C/C=C\C/C=C\C/C=C\CCCCCC(=O)OC(COC(=O)CCCCCCCCCCC)COP(=O)(O)OCC(CO)OC(=O)CCCCCCC/C=C\CCCC. The summed E-state index contributed by atoms with van der Waals surface area (Å²) in [6, 6.07) is 0. The molecule has 0 rings (SSSR count). The third-order valence-corrected chi connectivity index (χ3v) is 11.6. The number of phosphoric ester groups is 1. The van der Waals surface area contributed by atoms with Crippen LogP contribution in [0, 0.1) is 0 Å². The summed E-state index contributed by atoms with van der Waals surface area (Å²) in [4.78, 5) is 48.2. The summed E-state index contributed by atoms with van der Waals surface area (Å²) in [6.07, 6.45) is 51.7. The number of aliphatic hydroxyl groups is 1.